The normalized spacial score (nSPS) is 11.2. The number of carboxylic acid groups (broad SMARTS) is 1. The van der Waals surface area contributed by atoms with Crippen LogP contribution in [0.15, 0.2) is 23.1 Å². The van der Waals surface area contributed by atoms with E-state index in [-0.39, 0.29) is 27.8 Å². The molecule has 0 bridgehead atoms. The fraction of sp³-hybridized carbons (Fsp3) is 0.333. The van der Waals surface area contributed by atoms with E-state index in [9.17, 15) is 18.0 Å². The number of benzene rings is 1. The van der Waals surface area contributed by atoms with Crippen LogP contribution in [-0.4, -0.2) is 50.1 Å². The maximum absolute atomic E-state index is 12.1. The van der Waals surface area contributed by atoms with Crippen molar-refractivity contribution in [3.05, 3.63) is 28.8 Å². The molecule has 6 nitrogen and oxygen atoms in total. The first-order valence-electron chi connectivity index (χ1n) is 5.61. The SMILES string of the molecule is CN(C)C(=O)CCS(=O)(=O)c1cc(C(=O)O)ccc1Cl. The smallest absolute Gasteiger partial charge is 0.335 e. The molecular weight excluding hydrogens is 306 g/mol. The number of carbonyl (C=O) groups is 2. The van der Waals surface area contributed by atoms with Gasteiger partial charge in [-0.3, -0.25) is 4.79 Å². The first kappa shape index (κ1) is 16.5. The van der Waals surface area contributed by atoms with E-state index in [4.69, 9.17) is 16.7 Å². The van der Waals surface area contributed by atoms with E-state index in [0.717, 1.165) is 6.07 Å². The van der Waals surface area contributed by atoms with Crippen molar-refractivity contribution in [2.75, 3.05) is 19.8 Å². The summed E-state index contributed by atoms with van der Waals surface area (Å²) in [5, 5.41) is 8.80. The van der Waals surface area contributed by atoms with Crippen LogP contribution in [0.1, 0.15) is 16.8 Å². The lowest BCUT2D eigenvalue weighted by atomic mass is 10.2. The maximum atomic E-state index is 12.1. The van der Waals surface area contributed by atoms with Crippen molar-refractivity contribution in [3.8, 4) is 0 Å². The van der Waals surface area contributed by atoms with Gasteiger partial charge in [-0.15, -0.1) is 0 Å². The zero-order valence-electron chi connectivity index (χ0n) is 11.0. The molecule has 0 atom stereocenters. The van der Waals surface area contributed by atoms with E-state index in [2.05, 4.69) is 0 Å². The van der Waals surface area contributed by atoms with Gasteiger partial charge >= 0.3 is 5.97 Å². The molecule has 1 aromatic rings. The highest BCUT2D eigenvalue weighted by atomic mass is 35.5. The third-order valence-electron chi connectivity index (χ3n) is 2.60. The standard InChI is InChI=1S/C12H14ClNO5S/c1-14(2)11(15)5-6-20(18,19)10-7-8(12(16)17)3-4-9(10)13/h3-4,7H,5-6H2,1-2H3,(H,16,17). The molecule has 0 radical (unpaired) electrons. The molecule has 0 aromatic heterocycles. The molecule has 0 saturated carbocycles. The van der Waals surface area contributed by atoms with Crippen molar-refractivity contribution in [2.45, 2.75) is 11.3 Å². The Hall–Kier alpha value is -1.60. The summed E-state index contributed by atoms with van der Waals surface area (Å²) in [5.74, 6) is -2.01. The summed E-state index contributed by atoms with van der Waals surface area (Å²) in [5.41, 5.74) is -0.174. The molecule has 0 heterocycles. The van der Waals surface area contributed by atoms with E-state index in [0.29, 0.717) is 0 Å². The lowest BCUT2D eigenvalue weighted by Gasteiger charge is -2.11. The summed E-state index contributed by atoms with van der Waals surface area (Å²) < 4.78 is 24.2. The number of carboxylic acids is 1. The predicted molar refractivity (Wildman–Crippen MR) is 73.8 cm³/mol. The van der Waals surface area contributed by atoms with Crippen molar-refractivity contribution in [1.82, 2.24) is 4.90 Å². The minimum absolute atomic E-state index is 0.0627. The molecule has 0 unspecified atom stereocenters. The summed E-state index contributed by atoms with van der Waals surface area (Å²) in [6.07, 6.45) is -0.192. The van der Waals surface area contributed by atoms with E-state index in [1.807, 2.05) is 0 Å². The molecule has 20 heavy (non-hydrogen) atoms. The van der Waals surface area contributed by atoms with Crippen LogP contribution in [0, 0.1) is 0 Å². The molecule has 8 heteroatoms. The number of amides is 1. The Labute approximate surface area is 121 Å². The minimum atomic E-state index is -3.82. The van der Waals surface area contributed by atoms with Crippen LogP contribution in [0.4, 0.5) is 0 Å². The quantitative estimate of drug-likeness (QED) is 0.883. The summed E-state index contributed by atoms with van der Waals surface area (Å²) in [4.78, 5) is 23.3. The second-order valence-corrected chi connectivity index (χ2v) is 6.79. The molecule has 0 aliphatic heterocycles. The van der Waals surface area contributed by atoms with Crippen LogP contribution in [-0.2, 0) is 14.6 Å². The Morgan fingerprint density at radius 3 is 2.40 bits per heavy atom. The van der Waals surface area contributed by atoms with Crippen LogP contribution in [0.5, 0.6) is 0 Å². The highest BCUT2D eigenvalue weighted by molar-refractivity contribution is 7.91. The lowest BCUT2D eigenvalue weighted by Crippen LogP contribution is -2.24. The van der Waals surface area contributed by atoms with E-state index in [1.165, 1.54) is 31.1 Å². The highest BCUT2D eigenvalue weighted by Crippen LogP contribution is 2.24. The van der Waals surface area contributed by atoms with Crippen LogP contribution in [0.25, 0.3) is 0 Å². The molecule has 0 aliphatic rings. The average molecular weight is 320 g/mol. The fourth-order valence-electron chi connectivity index (χ4n) is 1.43. The predicted octanol–water partition coefficient (Wildman–Crippen LogP) is 1.29. The fourth-order valence-corrected chi connectivity index (χ4v) is 3.24. The van der Waals surface area contributed by atoms with Crippen LogP contribution >= 0.6 is 11.6 Å². The summed E-state index contributed by atoms with van der Waals surface area (Å²) in [7, 11) is -0.777. The molecule has 1 N–H and O–H groups in total. The van der Waals surface area contributed by atoms with Gasteiger partial charge in [0.15, 0.2) is 9.84 Å². The monoisotopic (exact) mass is 319 g/mol. The average Bonchev–Trinajstić information content (AvgIpc) is 2.35. The lowest BCUT2D eigenvalue weighted by molar-refractivity contribution is -0.128. The molecule has 0 fully saturated rings. The second kappa shape index (κ2) is 6.23. The topological polar surface area (TPSA) is 91.8 Å². The van der Waals surface area contributed by atoms with Gasteiger partial charge in [-0.05, 0) is 18.2 Å². The van der Waals surface area contributed by atoms with Crippen molar-refractivity contribution < 1.29 is 23.1 Å². The number of hydrogen-bond acceptors (Lipinski definition) is 4. The molecule has 1 rings (SSSR count). The van der Waals surface area contributed by atoms with Crippen molar-refractivity contribution >= 4 is 33.3 Å². The van der Waals surface area contributed by atoms with Crippen LogP contribution in [0.3, 0.4) is 0 Å². The number of rotatable bonds is 5. The van der Waals surface area contributed by atoms with Gasteiger partial charge in [0, 0.05) is 20.5 Å². The third-order valence-corrected chi connectivity index (χ3v) is 4.79. The Balaban J connectivity index is 3.06. The first-order chi connectivity index (χ1) is 9.15. The zero-order valence-corrected chi connectivity index (χ0v) is 12.5. The van der Waals surface area contributed by atoms with Gasteiger partial charge in [0.1, 0.15) is 0 Å². The van der Waals surface area contributed by atoms with Gasteiger partial charge in [-0.25, -0.2) is 13.2 Å². The maximum Gasteiger partial charge on any atom is 0.335 e. The third kappa shape index (κ3) is 3.94. The van der Waals surface area contributed by atoms with Crippen molar-refractivity contribution in [2.24, 2.45) is 0 Å². The first-order valence-corrected chi connectivity index (χ1v) is 7.64. The van der Waals surface area contributed by atoms with E-state index < -0.39 is 21.6 Å². The largest absolute Gasteiger partial charge is 0.478 e. The zero-order chi connectivity index (χ0) is 15.5. The summed E-state index contributed by atoms with van der Waals surface area (Å²) in [6.45, 7) is 0. The number of sulfone groups is 1. The Kier molecular flexibility index (Phi) is 5.13. The Morgan fingerprint density at radius 2 is 1.90 bits per heavy atom. The molecule has 0 aliphatic carbocycles. The second-order valence-electron chi connectivity index (χ2n) is 4.31. The van der Waals surface area contributed by atoms with Crippen LogP contribution in [0.2, 0.25) is 5.02 Å². The number of hydrogen-bond donors (Lipinski definition) is 1. The highest BCUT2D eigenvalue weighted by Gasteiger charge is 2.21. The number of halogens is 1. The molecule has 110 valence electrons. The summed E-state index contributed by atoms with van der Waals surface area (Å²) >= 11 is 5.80. The van der Waals surface area contributed by atoms with E-state index in [1.54, 1.807) is 0 Å². The van der Waals surface area contributed by atoms with Crippen molar-refractivity contribution in [3.63, 3.8) is 0 Å². The molecule has 1 amide bonds. The Bertz CT molecular complexity index is 639. The van der Waals surface area contributed by atoms with Crippen molar-refractivity contribution in [1.29, 1.82) is 0 Å². The van der Waals surface area contributed by atoms with Gasteiger partial charge in [0.2, 0.25) is 5.91 Å². The van der Waals surface area contributed by atoms with Gasteiger partial charge in [-0.1, -0.05) is 11.6 Å². The number of aromatic carboxylic acids is 1. The molecule has 0 saturated heterocycles. The minimum Gasteiger partial charge on any atom is -0.478 e. The van der Waals surface area contributed by atoms with Gasteiger partial charge in [0.25, 0.3) is 0 Å². The number of carbonyl (C=O) groups excluding carboxylic acids is 1. The number of nitrogens with zero attached hydrogens (tertiary/aromatic N) is 1. The van der Waals surface area contributed by atoms with Gasteiger partial charge in [-0.2, -0.15) is 0 Å². The van der Waals surface area contributed by atoms with Gasteiger partial charge in [0.05, 0.1) is 21.2 Å². The van der Waals surface area contributed by atoms with Crippen LogP contribution < -0.4 is 0 Å². The van der Waals surface area contributed by atoms with Gasteiger partial charge < -0.3 is 10.0 Å². The van der Waals surface area contributed by atoms with E-state index >= 15 is 0 Å². The molecular formula is C12H14ClNO5S. The molecule has 0 spiro atoms. The summed E-state index contributed by atoms with van der Waals surface area (Å²) in [6, 6.07) is 3.43. The molecule has 1 aromatic carbocycles. The Morgan fingerprint density at radius 1 is 1.30 bits per heavy atom.